The molecule has 4 nitrogen and oxygen atoms in total. The first-order valence-corrected chi connectivity index (χ1v) is 21.7. The maximum Gasteiger partial charge on any atom is 0.0537 e. The van der Waals surface area contributed by atoms with Crippen LogP contribution in [0.4, 0.5) is 11.4 Å². The van der Waals surface area contributed by atoms with Crippen LogP contribution < -0.4 is 10.2 Å². The zero-order chi connectivity index (χ0) is 43.3. The predicted molar refractivity (Wildman–Crippen MR) is 273 cm³/mol. The van der Waals surface area contributed by atoms with Crippen LogP contribution >= 0.6 is 0 Å². The molecule has 0 aliphatic heterocycles. The molecule has 0 fully saturated rings. The standard InChI is InChI=1S/C37H39N3.C21H19N/c1-5-7-8-14-28-39(29-15-13-17-30(3)4)33-25-23-31(24-26-33)38-27-16-18-32(6-2)40-36-21-11-9-19-34(36)35-20-10-12-22-37(35)40;1-3-16-9-11-17(12-10-16)22-20-7-5-4-6-18(20)19-14-15(2)8-13-21(19)22/h5,7-27,29,38H,3,6,28H2,1-2,4H3;3-13,15H,1,14H2,2H3/b7-5-,14-8-,17-13-,27-16+,29-15-,32-18+;. The Morgan fingerprint density at radius 1 is 0.774 bits per heavy atom. The quantitative estimate of drug-likeness (QED) is 0.111. The summed E-state index contributed by atoms with van der Waals surface area (Å²) in [5, 5.41) is 7.37. The molecule has 62 heavy (non-hydrogen) atoms. The Hall–Kier alpha value is -7.30. The maximum absolute atomic E-state index is 3.92. The van der Waals surface area contributed by atoms with E-state index in [1.807, 2.05) is 56.5 Å². The van der Waals surface area contributed by atoms with E-state index in [1.54, 1.807) is 0 Å². The van der Waals surface area contributed by atoms with Gasteiger partial charge in [-0.3, -0.25) is 0 Å². The number of rotatable bonds is 14. The Bertz CT molecular complexity index is 2810. The van der Waals surface area contributed by atoms with Crippen molar-refractivity contribution >= 4 is 61.9 Å². The van der Waals surface area contributed by atoms with Crippen LogP contribution in [0.2, 0.25) is 0 Å². The zero-order valence-electron chi connectivity index (χ0n) is 36.6. The molecular weight excluding hydrogens is 753 g/mol. The molecule has 0 saturated carbocycles. The van der Waals surface area contributed by atoms with E-state index >= 15 is 0 Å². The summed E-state index contributed by atoms with van der Waals surface area (Å²) in [7, 11) is 0. The molecule has 2 heterocycles. The summed E-state index contributed by atoms with van der Waals surface area (Å²) in [6, 6.07) is 43.1. The fourth-order valence-corrected chi connectivity index (χ4v) is 8.02. The number of allylic oxidation sites excluding steroid dienone is 11. The van der Waals surface area contributed by atoms with Crippen LogP contribution in [0.15, 0.2) is 213 Å². The van der Waals surface area contributed by atoms with Crippen LogP contribution in [0.25, 0.3) is 56.2 Å². The van der Waals surface area contributed by atoms with Crippen molar-refractivity contribution in [2.24, 2.45) is 5.92 Å². The molecule has 8 rings (SSSR count). The summed E-state index contributed by atoms with van der Waals surface area (Å²) in [5.41, 5.74) is 13.4. The lowest BCUT2D eigenvalue weighted by Crippen LogP contribution is -2.15. The molecule has 0 spiro atoms. The van der Waals surface area contributed by atoms with Gasteiger partial charge in [-0.1, -0.05) is 148 Å². The van der Waals surface area contributed by atoms with Gasteiger partial charge in [0.05, 0.1) is 16.6 Å². The van der Waals surface area contributed by atoms with Gasteiger partial charge in [-0.15, -0.1) is 0 Å². The number of aromatic nitrogens is 2. The van der Waals surface area contributed by atoms with Crippen LogP contribution in [-0.2, 0) is 6.42 Å². The van der Waals surface area contributed by atoms with Gasteiger partial charge in [0, 0.05) is 63.6 Å². The van der Waals surface area contributed by atoms with E-state index in [-0.39, 0.29) is 0 Å². The third-order valence-corrected chi connectivity index (χ3v) is 11.1. The highest BCUT2D eigenvalue weighted by atomic mass is 15.1. The summed E-state index contributed by atoms with van der Waals surface area (Å²) in [6.07, 6.45) is 31.3. The number of hydrogen-bond donors (Lipinski definition) is 1. The van der Waals surface area contributed by atoms with Crippen LogP contribution in [0, 0.1) is 5.92 Å². The smallest absolute Gasteiger partial charge is 0.0537 e. The zero-order valence-corrected chi connectivity index (χ0v) is 36.6. The van der Waals surface area contributed by atoms with E-state index in [4.69, 9.17) is 0 Å². The summed E-state index contributed by atoms with van der Waals surface area (Å²) in [5.74, 6) is 0.606. The number of anilines is 2. The van der Waals surface area contributed by atoms with Gasteiger partial charge < -0.3 is 19.4 Å². The second-order valence-corrected chi connectivity index (χ2v) is 15.6. The highest BCUT2D eigenvalue weighted by Crippen LogP contribution is 2.36. The SMILES string of the molecule is C=C(C)/C=C\C=C/N(C/C=C\C=C/C)c1ccc(N/C=C/C=C(\CC)n2c3ccccc3c3ccccc32)cc1.C=Cc1ccc(-n2c3c(c4ccccc42)CC(C)C=C3)cc1. The van der Waals surface area contributed by atoms with Crippen molar-refractivity contribution in [3.05, 3.63) is 230 Å². The normalized spacial score (nSPS) is 14.2. The van der Waals surface area contributed by atoms with Crippen LogP contribution in [0.1, 0.15) is 50.9 Å². The topological polar surface area (TPSA) is 25.1 Å². The minimum absolute atomic E-state index is 0.606. The summed E-state index contributed by atoms with van der Waals surface area (Å²) in [4.78, 5) is 2.21. The summed E-state index contributed by atoms with van der Waals surface area (Å²) in [6.45, 7) is 17.0. The van der Waals surface area contributed by atoms with Crippen LogP contribution in [0.3, 0.4) is 0 Å². The number of para-hydroxylation sites is 3. The summed E-state index contributed by atoms with van der Waals surface area (Å²) >= 11 is 0. The van der Waals surface area contributed by atoms with Crippen molar-refractivity contribution in [1.82, 2.24) is 9.13 Å². The molecule has 1 atom stereocenters. The van der Waals surface area contributed by atoms with Gasteiger partial charge >= 0.3 is 0 Å². The van der Waals surface area contributed by atoms with E-state index in [0.717, 1.165) is 41.9 Å². The largest absolute Gasteiger partial charge is 0.362 e. The van der Waals surface area contributed by atoms with Gasteiger partial charge in [0.1, 0.15) is 0 Å². The molecule has 0 saturated heterocycles. The first kappa shape index (κ1) is 42.8. The minimum Gasteiger partial charge on any atom is -0.362 e. The van der Waals surface area contributed by atoms with E-state index in [2.05, 4.69) is 210 Å². The monoisotopic (exact) mass is 810 g/mol. The molecule has 0 radical (unpaired) electrons. The van der Waals surface area contributed by atoms with E-state index in [1.165, 1.54) is 55.4 Å². The van der Waals surface area contributed by atoms with Crippen molar-refractivity contribution in [3.63, 3.8) is 0 Å². The Balaban J connectivity index is 0.000000219. The lowest BCUT2D eigenvalue weighted by Gasteiger charge is -2.19. The summed E-state index contributed by atoms with van der Waals surface area (Å²) < 4.78 is 4.75. The predicted octanol–water partition coefficient (Wildman–Crippen LogP) is 15.7. The fraction of sp³-hybridized carbons (Fsp3) is 0.138. The number of nitrogens with zero attached hydrogens (tertiary/aromatic N) is 3. The maximum atomic E-state index is 3.92. The molecule has 310 valence electrons. The molecule has 1 N–H and O–H groups in total. The molecule has 1 aliphatic rings. The van der Waals surface area contributed by atoms with Crippen LogP contribution in [0.5, 0.6) is 0 Å². The number of nitrogens with one attached hydrogen (secondary N) is 1. The van der Waals surface area contributed by atoms with Crippen molar-refractivity contribution in [2.75, 3.05) is 16.8 Å². The van der Waals surface area contributed by atoms with E-state index in [9.17, 15) is 0 Å². The second kappa shape index (κ2) is 20.8. The van der Waals surface area contributed by atoms with Gasteiger partial charge in [-0.25, -0.2) is 0 Å². The van der Waals surface area contributed by atoms with Gasteiger partial charge in [-0.05, 0) is 123 Å². The van der Waals surface area contributed by atoms with E-state index in [0.29, 0.717) is 5.92 Å². The molecule has 5 aromatic carbocycles. The lowest BCUT2D eigenvalue weighted by molar-refractivity contribution is 0.718. The molecule has 0 bridgehead atoms. The average molecular weight is 811 g/mol. The van der Waals surface area contributed by atoms with Crippen molar-refractivity contribution in [2.45, 2.75) is 40.5 Å². The third kappa shape index (κ3) is 10.00. The number of benzene rings is 5. The number of fused-ring (bicyclic) bond motifs is 6. The average Bonchev–Trinajstić information content (AvgIpc) is 3.81. The second-order valence-electron chi connectivity index (χ2n) is 15.6. The van der Waals surface area contributed by atoms with E-state index < -0.39 is 0 Å². The first-order valence-electron chi connectivity index (χ1n) is 21.7. The molecule has 1 aliphatic carbocycles. The Morgan fingerprint density at radius 3 is 2.08 bits per heavy atom. The molecule has 0 amide bonds. The van der Waals surface area contributed by atoms with Crippen LogP contribution in [-0.4, -0.2) is 15.7 Å². The van der Waals surface area contributed by atoms with Gasteiger partial charge in [0.15, 0.2) is 0 Å². The van der Waals surface area contributed by atoms with Crippen molar-refractivity contribution < 1.29 is 0 Å². The van der Waals surface area contributed by atoms with Crippen molar-refractivity contribution in [3.8, 4) is 5.69 Å². The molecule has 2 aromatic heterocycles. The number of hydrogen-bond acceptors (Lipinski definition) is 2. The van der Waals surface area contributed by atoms with Crippen molar-refractivity contribution in [1.29, 1.82) is 0 Å². The fourth-order valence-electron chi connectivity index (χ4n) is 8.02. The van der Waals surface area contributed by atoms with Gasteiger partial charge in [-0.2, -0.15) is 0 Å². The molecule has 1 unspecified atom stereocenters. The third-order valence-electron chi connectivity index (χ3n) is 11.1. The molecule has 4 heteroatoms. The van der Waals surface area contributed by atoms with Gasteiger partial charge in [0.25, 0.3) is 0 Å². The van der Waals surface area contributed by atoms with Gasteiger partial charge in [0.2, 0.25) is 0 Å². The highest BCUT2D eigenvalue weighted by Gasteiger charge is 2.20. The Labute approximate surface area is 368 Å². The molecular formula is C58H58N4. The first-order chi connectivity index (χ1) is 30.4. The Kier molecular flexibility index (Phi) is 14.4. The Morgan fingerprint density at radius 2 is 1.44 bits per heavy atom. The highest BCUT2D eigenvalue weighted by molar-refractivity contribution is 6.10. The lowest BCUT2D eigenvalue weighted by atomic mass is 9.93. The minimum atomic E-state index is 0.606. The molecule has 7 aromatic rings.